The summed E-state index contributed by atoms with van der Waals surface area (Å²) in [7, 11) is 0. The molecule has 21 heavy (non-hydrogen) atoms. The second kappa shape index (κ2) is 6.36. The maximum atomic E-state index is 11.3. The molecule has 1 atom stereocenters. The molecule has 1 fully saturated rings. The van der Waals surface area contributed by atoms with Crippen molar-refractivity contribution >= 4 is 27.0 Å². The highest BCUT2D eigenvalue weighted by Gasteiger charge is 2.18. The third kappa shape index (κ3) is 3.40. The molecule has 114 valence electrons. The molecule has 0 saturated heterocycles. The average Bonchev–Trinajstić information content (AvgIpc) is 2.84. The molecule has 5 heteroatoms. The van der Waals surface area contributed by atoms with Crippen LogP contribution in [0, 0.1) is 5.92 Å². The van der Waals surface area contributed by atoms with Crippen LogP contribution in [0.25, 0.3) is 11.0 Å². The number of rotatable bonds is 4. The van der Waals surface area contributed by atoms with Crippen molar-refractivity contribution in [2.24, 2.45) is 5.92 Å². The molecule has 1 aromatic carbocycles. The summed E-state index contributed by atoms with van der Waals surface area (Å²) in [5, 5.41) is 10.5. The fraction of sp³-hybridized carbons (Fsp3) is 0.562. The molecule has 0 spiro atoms. The predicted molar refractivity (Wildman–Crippen MR) is 87.4 cm³/mol. The van der Waals surface area contributed by atoms with Crippen LogP contribution in [0.1, 0.15) is 56.6 Å². The Morgan fingerprint density at radius 3 is 2.57 bits per heavy atom. The topological polar surface area (TPSA) is 68.9 Å². The van der Waals surface area contributed by atoms with Gasteiger partial charge in [0.25, 0.3) is 0 Å². The highest BCUT2D eigenvalue weighted by molar-refractivity contribution is 9.10. The van der Waals surface area contributed by atoms with E-state index in [0.717, 1.165) is 39.8 Å². The molecule has 3 N–H and O–H groups in total. The molecule has 1 aliphatic rings. The van der Waals surface area contributed by atoms with Gasteiger partial charge < -0.3 is 15.1 Å². The predicted octanol–water partition coefficient (Wildman–Crippen LogP) is 4.01. The first kappa shape index (κ1) is 14.9. The lowest BCUT2D eigenvalue weighted by Crippen LogP contribution is -2.08. The fourth-order valence-electron chi connectivity index (χ4n) is 3.35. The zero-order valence-electron chi connectivity index (χ0n) is 12.0. The Hall–Kier alpha value is -1.07. The van der Waals surface area contributed by atoms with E-state index in [2.05, 4.69) is 25.9 Å². The van der Waals surface area contributed by atoms with Gasteiger partial charge in [-0.15, -0.1) is 0 Å². The van der Waals surface area contributed by atoms with Crippen LogP contribution in [0.4, 0.5) is 0 Å². The fourth-order valence-corrected chi connectivity index (χ4v) is 3.96. The number of aliphatic hydroxyl groups is 1. The van der Waals surface area contributed by atoms with Crippen molar-refractivity contribution in [3.63, 3.8) is 0 Å². The summed E-state index contributed by atoms with van der Waals surface area (Å²) in [5.74, 6) is 0.767. The van der Waals surface area contributed by atoms with Crippen LogP contribution >= 0.6 is 15.9 Å². The van der Waals surface area contributed by atoms with Crippen molar-refractivity contribution in [2.45, 2.75) is 51.0 Å². The lowest BCUT2D eigenvalue weighted by molar-refractivity contribution is 0.151. The number of fused-ring (bicyclic) bond motifs is 1. The van der Waals surface area contributed by atoms with Gasteiger partial charge in [-0.2, -0.15) is 0 Å². The molecule has 1 saturated carbocycles. The van der Waals surface area contributed by atoms with E-state index in [0.29, 0.717) is 0 Å². The highest BCUT2D eigenvalue weighted by atomic mass is 79.9. The minimum Gasteiger partial charge on any atom is -0.388 e. The summed E-state index contributed by atoms with van der Waals surface area (Å²) < 4.78 is 0.849. The van der Waals surface area contributed by atoms with Crippen LogP contribution in [0.3, 0.4) is 0 Å². The molecule has 1 heterocycles. The standard InChI is InChI=1S/C16H21BrN2O2/c17-12-9-14-13(18-16(21)19-14)8-11(12)15(20)7-6-10-4-2-1-3-5-10/h8-10,15,20H,1-7H2,(H2,18,19,21). The normalized spacial score (nSPS) is 18.2. The zero-order valence-corrected chi connectivity index (χ0v) is 13.6. The van der Waals surface area contributed by atoms with Gasteiger partial charge in [0.05, 0.1) is 17.1 Å². The van der Waals surface area contributed by atoms with Crippen molar-refractivity contribution in [3.8, 4) is 0 Å². The van der Waals surface area contributed by atoms with Crippen molar-refractivity contribution in [1.29, 1.82) is 0 Å². The minimum atomic E-state index is -0.482. The number of benzene rings is 1. The van der Waals surface area contributed by atoms with Crippen LogP contribution in [0.2, 0.25) is 0 Å². The van der Waals surface area contributed by atoms with E-state index >= 15 is 0 Å². The summed E-state index contributed by atoms with van der Waals surface area (Å²) in [4.78, 5) is 16.8. The number of imidazole rings is 1. The lowest BCUT2D eigenvalue weighted by Gasteiger charge is -2.23. The molecule has 1 aliphatic carbocycles. The van der Waals surface area contributed by atoms with Crippen LogP contribution in [-0.2, 0) is 0 Å². The monoisotopic (exact) mass is 352 g/mol. The summed E-state index contributed by atoms with van der Waals surface area (Å²) in [5.41, 5.74) is 2.14. The number of hydrogen-bond donors (Lipinski definition) is 3. The van der Waals surface area contributed by atoms with Crippen molar-refractivity contribution in [2.75, 3.05) is 0 Å². The molecular weight excluding hydrogens is 332 g/mol. The van der Waals surface area contributed by atoms with Crippen LogP contribution in [-0.4, -0.2) is 15.1 Å². The second-order valence-corrected chi connectivity index (χ2v) is 6.95. The number of hydrogen-bond acceptors (Lipinski definition) is 2. The van der Waals surface area contributed by atoms with Crippen molar-refractivity contribution in [1.82, 2.24) is 9.97 Å². The molecule has 4 nitrogen and oxygen atoms in total. The maximum Gasteiger partial charge on any atom is 0.323 e. The Morgan fingerprint density at radius 1 is 1.19 bits per heavy atom. The van der Waals surface area contributed by atoms with Gasteiger partial charge >= 0.3 is 5.69 Å². The Labute approximate surface area is 132 Å². The van der Waals surface area contributed by atoms with Gasteiger partial charge in [0.2, 0.25) is 0 Å². The summed E-state index contributed by atoms with van der Waals surface area (Å²) in [6.45, 7) is 0. The third-order valence-electron chi connectivity index (χ3n) is 4.57. The molecule has 0 aliphatic heterocycles. The SMILES string of the molecule is O=c1[nH]c2cc(Br)c(C(O)CCC3CCCCC3)cc2[nH]1. The van der Waals surface area contributed by atoms with E-state index in [9.17, 15) is 9.90 Å². The van der Waals surface area contributed by atoms with Gasteiger partial charge in [0.1, 0.15) is 0 Å². The summed E-state index contributed by atoms with van der Waals surface area (Å²) in [6, 6.07) is 3.72. The number of halogens is 1. The van der Waals surface area contributed by atoms with E-state index in [1.54, 1.807) is 0 Å². The molecule has 1 aromatic heterocycles. The maximum absolute atomic E-state index is 11.3. The first-order chi connectivity index (χ1) is 10.1. The zero-order chi connectivity index (χ0) is 14.8. The summed E-state index contributed by atoms with van der Waals surface area (Å²) >= 11 is 3.50. The van der Waals surface area contributed by atoms with Gasteiger partial charge in [-0.3, -0.25) is 0 Å². The first-order valence-corrected chi connectivity index (χ1v) is 8.52. The molecule has 3 rings (SSSR count). The Kier molecular flexibility index (Phi) is 4.50. The number of aromatic amines is 2. The van der Waals surface area contributed by atoms with E-state index in [1.807, 2.05) is 12.1 Å². The van der Waals surface area contributed by atoms with Crippen LogP contribution in [0.15, 0.2) is 21.4 Å². The number of aromatic nitrogens is 2. The average molecular weight is 353 g/mol. The lowest BCUT2D eigenvalue weighted by atomic mass is 9.85. The largest absolute Gasteiger partial charge is 0.388 e. The number of nitrogens with one attached hydrogen (secondary N) is 2. The van der Waals surface area contributed by atoms with Gasteiger partial charge in [0.15, 0.2) is 0 Å². The van der Waals surface area contributed by atoms with Crippen molar-refractivity contribution < 1.29 is 5.11 Å². The molecule has 1 unspecified atom stereocenters. The first-order valence-electron chi connectivity index (χ1n) is 7.73. The molecule has 0 amide bonds. The summed E-state index contributed by atoms with van der Waals surface area (Å²) in [6.07, 6.45) is 8.02. The van der Waals surface area contributed by atoms with Gasteiger partial charge in [-0.25, -0.2) is 4.79 Å². The van der Waals surface area contributed by atoms with E-state index < -0.39 is 6.10 Å². The van der Waals surface area contributed by atoms with E-state index in [4.69, 9.17) is 0 Å². The Bertz CT molecular complexity index is 670. The minimum absolute atomic E-state index is 0.217. The van der Waals surface area contributed by atoms with Gasteiger partial charge in [-0.1, -0.05) is 48.0 Å². The molecule has 0 bridgehead atoms. The van der Waals surface area contributed by atoms with E-state index in [1.165, 1.54) is 32.1 Å². The Balaban J connectivity index is 1.72. The third-order valence-corrected chi connectivity index (χ3v) is 5.25. The molecular formula is C16H21BrN2O2. The molecule has 2 aromatic rings. The smallest absolute Gasteiger partial charge is 0.323 e. The quantitative estimate of drug-likeness (QED) is 0.777. The number of aliphatic hydroxyl groups excluding tert-OH is 1. The van der Waals surface area contributed by atoms with E-state index in [-0.39, 0.29) is 5.69 Å². The second-order valence-electron chi connectivity index (χ2n) is 6.10. The molecule has 0 radical (unpaired) electrons. The number of H-pyrrole nitrogens is 2. The van der Waals surface area contributed by atoms with Crippen LogP contribution in [0.5, 0.6) is 0 Å². The van der Waals surface area contributed by atoms with Gasteiger partial charge in [-0.05, 0) is 36.5 Å². The van der Waals surface area contributed by atoms with Crippen LogP contribution < -0.4 is 5.69 Å². The Morgan fingerprint density at radius 2 is 1.86 bits per heavy atom. The van der Waals surface area contributed by atoms with Gasteiger partial charge in [0, 0.05) is 4.47 Å². The highest BCUT2D eigenvalue weighted by Crippen LogP contribution is 2.33. The van der Waals surface area contributed by atoms with Crippen molar-refractivity contribution in [3.05, 3.63) is 32.7 Å².